The van der Waals surface area contributed by atoms with Crippen LogP contribution in [0.2, 0.25) is 5.02 Å². The van der Waals surface area contributed by atoms with Gasteiger partial charge in [-0.2, -0.15) is 0 Å². The average Bonchev–Trinajstić information content (AvgIpc) is 2.47. The third-order valence-electron chi connectivity index (χ3n) is 3.19. The number of halogens is 1. The number of rotatable bonds is 2. The fourth-order valence-corrected chi connectivity index (χ4v) is 2.46. The van der Waals surface area contributed by atoms with E-state index in [1.165, 1.54) is 7.11 Å². The Morgan fingerprint density at radius 3 is 2.67 bits per heavy atom. The van der Waals surface area contributed by atoms with Crippen molar-refractivity contribution in [2.24, 2.45) is 0 Å². The number of nitrogens with one attached hydrogen (secondary N) is 1. The van der Waals surface area contributed by atoms with Gasteiger partial charge >= 0.3 is 5.69 Å². The molecule has 0 amide bonds. The van der Waals surface area contributed by atoms with Crippen LogP contribution in [-0.4, -0.2) is 16.7 Å². The van der Waals surface area contributed by atoms with Crippen LogP contribution in [0.1, 0.15) is 0 Å². The highest BCUT2D eigenvalue weighted by Crippen LogP contribution is 2.19. The first-order valence-electron chi connectivity index (χ1n) is 6.20. The number of nitrogens with zero attached hydrogens (tertiary/aromatic N) is 1. The highest BCUT2D eigenvalue weighted by Gasteiger charge is 2.12. The molecular weight excluding hydrogens is 292 g/mol. The van der Waals surface area contributed by atoms with Crippen molar-refractivity contribution in [3.8, 4) is 11.4 Å². The lowest BCUT2D eigenvalue weighted by molar-refractivity contribution is 0.414. The second kappa shape index (κ2) is 5.10. The van der Waals surface area contributed by atoms with Gasteiger partial charge in [0, 0.05) is 6.07 Å². The van der Waals surface area contributed by atoms with E-state index in [4.69, 9.17) is 16.3 Å². The van der Waals surface area contributed by atoms with E-state index in [1.54, 1.807) is 42.5 Å². The van der Waals surface area contributed by atoms with Gasteiger partial charge in [0.25, 0.3) is 5.56 Å². The van der Waals surface area contributed by atoms with E-state index in [1.807, 2.05) is 0 Å². The number of methoxy groups -OCH3 is 1. The average molecular weight is 303 g/mol. The van der Waals surface area contributed by atoms with E-state index in [0.717, 1.165) is 4.57 Å². The fraction of sp³-hybridized carbons (Fsp3) is 0.0667. The quantitative estimate of drug-likeness (QED) is 0.790. The Morgan fingerprint density at radius 2 is 1.90 bits per heavy atom. The first kappa shape index (κ1) is 13.5. The molecule has 6 heteroatoms. The van der Waals surface area contributed by atoms with Gasteiger partial charge in [0.05, 0.1) is 28.7 Å². The van der Waals surface area contributed by atoms with Crippen molar-refractivity contribution in [2.45, 2.75) is 0 Å². The Balaban J connectivity index is 2.40. The summed E-state index contributed by atoms with van der Waals surface area (Å²) in [7, 11) is 1.52. The van der Waals surface area contributed by atoms with Crippen molar-refractivity contribution >= 4 is 22.5 Å². The molecular formula is C15H11ClN2O3. The van der Waals surface area contributed by atoms with Gasteiger partial charge in [-0.05, 0) is 24.3 Å². The summed E-state index contributed by atoms with van der Waals surface area (Å²) in [6.45, 7) is 0. The third kappa shape index (κ3) is 2.21. The molecule has 106 valence electrons. The highest BCUT2D eigenvalue weighted by molar-refractivity contribution is 6.35. The first-order valence-corrected chi connectivity index (χ1v) is 6.57. The zero-order valence-corrected chi connectivity index (χ0v) is 11.8. The van der Waals surface area contributed by atoms with Crippen LogP contribution in [0.5, 0.6) is 5.75 Å². The van der Waals surface area contributed by atoms with E-state index < -0.39 is 11.2 Å². The molecule has 1 heterocycles. The van der Waals surface area contributed by atoms with Crippen LogP contribution in [0, 0.1) is 0 Å². The number of H-pyrrole nitrogens is 1. The number of aromatic amines is 1. The topological polar surface area (TPSA) is 64.1 Å². The second-order valence-electron chi connectivity index (χ2n) is 4.43. The van der Waals surface area contributed by atoms with Gasteiger partial charge in [0.1, 0.15) is 5.75 Å². The Kier molecular flexibility index (Phi) is 3.27. The van der Waals surface area contributed by atoms with E-state index in [-0.39, 0.29) is 5.39 Å². The van der Waals surface area contributed by atoms with Crippen LogP contribution in [0.15, 0.2) is 52.1 Å². The predicted octanol–water partition coefficient (Wildman–Crippen LogP) is 2.34. The number of hydrogen-bond donors (Lipinski definition) is 1. The highest BCUT2D eigenvalue weighted by atomic mass is 35.5. The van der Waals surface area contributed by atoms with Gasteiger partial charge in [-0.25, -0.2) is 9.36 Å². The van der Waals surface area contributed by atoms with Crippen LogP contribution in [0.4, 0.5) is 0 Å². The SMILES string of the molecule is COc1cccc(-n2c(=O)[nH]c3cccc(Cl)c3c2=O)c1. The Labute approximate surface area is 124 Å². The van der Waals surface area contributed by atoms with Crippen LogP contribution in [-0.2, 0) is 0 Å². The summed E-state index contributed by atoms with van der Waals surface area (Å²) >= 11 is 6.07. The van der Waals surface area contributed by atoms with Gasteiger partial charge in [-0.3, -0.25) is 4.79 Å². The van der Waals surface area contributed by atoms with Crippen molar-refractivity contribution < 1.29 is 4.74 Å². The van der Waals surface area contributed by atoms with Crippen LogP contribution >= 0.6 is 11.6 Å². The summed E-state index contributed by atoms with van der Waals surface area (Å²) in [5.41, 5.74) is -0.158. The summed E-state index contributed by atoms with van der Waals surface area (Å²) in [5.74, 6) is 0.554. The molecule has 5 nitrogen and oxygen atoms in total. The number of ether oxygens (including phenoxy) is 1. The zero-order chi connectivity index (χ0) is 15.0. The summed E-state index contributed by atoms with van der Waals surface area (Å²) in [5, 5.41) is 0.576. The first-order chi connectivity index (χ1) is 10.1. The summed E-state index contributed by atoms with van der Waals surface area (Å²) in [6, 6.07) is 11.6. The summed E-state index contributed by atoms with van der Waals surface area (Å²) in [6.07, 6.45) is 0. The van der Waals surface area contributed by atoms with Crippen LogP contribution in [0.3, 0.4) is 0 Å². The fourth-order valence-electron chi connectivity index (χ4n) is 2.20. The normalized spacial score (nSPS) is 10.8. The van der Waals surface area contributed by atoms with E-state index in [0.29, 0.717) is 22.0 Å². The molecule has 0 radical (unpaired) electrons. The standard InChI is InChI=1S/C15H11ClN2O3/c1-21-10-5-2-4-9(8-10)18-14(19)13-11(16)6-3-7-12(13)17-15(18)20/h2-8H,1H3,(H,17,20). The van der Waals surface area contributed by atoms with E-state index >= 15 is 0 Å². The monoisotopic (exact) mass is 302 g/mol. The lowest BCUT2D eigenvalue weighted by Gasteiger charge is -2.08. The van der Waals surface area contributed by atoms with Gasteiger partial charge < -0.3 is 9.72 Å². The molecule has 3 aromatic rings. The molecule has 0 atom stereocenters. The molecule has 0 unspecified atom stereocenters. The molecule has 0 bridgehead atoms. The Morgan fingerprint density at radius 1 is 1.14 bits per heavy atom. The molecule has 0 aliphatic carbocycles. The number of aromatic nitrogens is 2. The van der Waals surface area contributed by atoms with Gasteiger partial charge in [-0.1, -0.05) is 23.7 Å². The molecule has 2 aromatic carbocycles. The summed E-state index contributed by atoms with van der Waals surface area (Å²) in [4.78, 5) is 27.4. The largest absolute Gasteiger partial charge is 0.497 e. The number of benzene rings is 2. The number of fused-ring (bicyclic) bond motifs is 1. The molecule has 0 aliphatic heterocycles. The maximum absolute atomic E-state index is 12.6. The van der Waals surface area contributed by atoms with E-state index in [2.05, 4.69) is 4.98 Å². The third-order valence-corrected chi connectivity index (χ3v) is 3.50. The molecule has 0 aliphatic rings. The van der Waals surface area contributed by atoms with E-state index in [9.17, 15) is 9.59 Å². The minimum absolute atomic E-state index is 0.279. The zero-order valence-electron chi connectivity index (χ0n) is 11.1. The molecule has 0 saturated heterocycles. The lowest BCUT2D eigenvalue weighted by atomic mass is 10.2. The minimum atomic E-state index is -0.525. The van der Waals surface area contributed by atoms with Crippen molar-refractivity contribution in [1.82, 2.24) is 9.55 Å². The minimum Gasteiger partial charge on any atom is -0.497 e. The molecule has 21 heavy (non-hydrogen) atoms. The molecule has 3 rings (SSSR count). The van der Waals surface area contributed by atoms with Crippen molar-refractivity contribution in [2.75, 3.05) is 7.11 Å². The smallest absolute Gasteiger partial charge is 0.333 e. The maximum atomic E-state index is 12.6. The summed E-state index contributed by atoms with van der Waals surface area (Å²) < 4.78 is 6.15. The Bertz CT molecular complexity index is 944. The van der Waals surface area contributed by atoms with Crippen molar-refractivity contribution in [3.63, 3.8) is 0 Å². The number of hydrogen-bond acceptors (Lipinski definition) is 3. The lowest BCUT2D eigenvalue weighted by Crippen LogP contribution is -2.33. The van der Waals surface area contributed by atoms with Gasteiger partial charge in [0.2, 0.25) is 0 Å². The molecule has 0 fully saturated rings. The Hall–Kier alpha value is -2.53. The second-order valence-corrected chi connectivity index (χ2v) is 4.84. The van der Waals surface area contributed by atoms with Gasteiger partial charge in [-0.15, -0.1) is 0 Å². The predicted molar refractivity (Wildman–Crippen MR) is 81.7 cm³/mol. The molecule has 0 saturated carbocycles. The van der Waals surface area contributed by atoms with Crippen molar-refractivity contribution in [3.05, 3.63) is 68.3 Å². The molecule has 1 aromatic heterocycles. The maximum Gasteiger partial charge on any atom is 0.333 e. The van der Waals surface area contributed by atoms with Crippen LogP contribution in [0.25, 0.3) is 16.6 Å². The molecule has 1 N–H and O–H groups in total. The van der Waals surface area contributed by atoms with Gasteiger partial charge in [0.15, 0.2) is 0 Å². The van der Waals surface area contributed by atoms with Crippen molar-refractivity contribution in [1.29, 1.82) is 0 Å². The molecule has 0 spiro atoms. The van der Waals surface area contributed by atoms with Crippen LogP contribution < -0.4 is 16.0 Å².